The highest BCUT2D eigenvalue weighted by Crippen LogP contribution is 2.21. The van der Waals surface area contributed by atoms with Crippen LogP contribution in [0.2, 0.25) is 0 Å². The molecular weight excluding hydrogens is 237 g/mol. The first-order valence-electron chi connectivity index (χ1n) is 6.68. The predicted molar refractivity (Wildman–Crippen MR) is 77.7 cm³/mol. The van der Waals surface area contributed by atoms with Crippen molar-refractivity contribution in [1.82, 2.24) is 5.32 Å². The molecule has 2 aromatic rings. The van der Waals surface area contributed by atoms with Crippen LogP contribution >= 0.6 is 0 Å². The molecular formula is C17H20FN. The van der Waals surface area contributed by atoms with Crippen molar-refractivity contribution in [3.05, 3.63) is 71.0 Å². The zero-order valence-electron chi connectivity index (χ0n) is 11.5. The molecule has 0 heterocycles. The lowest BCUT2D eigenvalue weighted by Gasteiger charge is -2.17. The summed E-state index contributed by atoms with van der Waals surface area (Å²) in [6, 6.07) is 15.5. The quantitative estimate of drug-likeness (QED) is 0.852. The normalized spacial score (nSPS) is 12.4. The van der Waals surface area contributed by atoms with Gasteiger partial charge in [-0.15, -0.1) is 0 Å². The van der Waals surface area contributed by atoms with E-state index in [1.807, 2.05) is 19.2 Å². The molecule has 0 bridgehead atoms. The zero-order valence-corrected chi connectivity index (χ0v) is 11.5. The maximum Gasteiger partial charge on any atom is 0.127 e. The average molecular weight is 257 g/mol. The first kappa shape index (κ1) is 13.8. The van der Waals surface area contributed by atoms with Crippen LogP contribution in [0.3, 0.4) is 0 Å². The Morgan fingerprint density at radius 1 is 1.11 bits per heavy atom. The van der Waals surface area contributed by atoms with E-state index in [0.717, 1.165) is 18.4 Å². The van der Waals surface area contributed by atoms with E-state index >= 15 is 0 Å². The average Bonchev–Trinajstić information content (AvgIpc) is 2.41. The van der Waals surface area contributed by atoms with Gasteiger partial charge in [0.2, 0.25) is 0 Å². The lowest BCUT2D eigenvalue weighted by molar-refractivity contribution is 0.509. The number of aryl methyl sites for hydroxylation is 2. The van der Waals surface area contributed by atoms with Crippen LogP contribution < -0.4 is 5.32 Å². The van der Waals surface area contributed by atoms with Gasteiger partial charge in [-0.2, -0.15) is 0 Å². The van der Waals surface area contributed by atoms with Crippen molar-refractivity contribution in [2.24, 2.45) is 0 Å². The maximum atomic E-state index is 13.8. The molecule has 0 aliphatic rings. The number of hydrogen-bond donors (Lipinski definition) is 1. The fourth-order valence-corrected chi connectivity index (χ4v) is 2.39. The minimum atomic E-state index is -0.133. The Morgan fingerprint density at radius 2 is 1.89 bits per heavy atom. The molecule has 1 nitrogen and oxygen atoms in total. The molecule has 0 saturated carbocycles. The van der Waals surface area contributed by atoms with Crippen LogP contribution in [-0.2, 0) is 6.42 Å². The lowest BCUT2D eigenvalue weighted by atomic mass is 9.98. The van der Waals surface area contributed by atoms with Crippen LogP contribution in [0.4, 0.5) is 4.39 Å². The van der Waals surface area contributed by atoms with Crippen LogP contribution in [-0.4, -0.2) is 7.05 Å². The van der Waals surface area contributed by atoms with E-state index in [9.17, 15) is 4.39 Å². The number of halogens is 1. The summed E-state index contributed by atoms with van der Waals surface area (Å²) in [5, 5.41) is 3.20. The second kappa shape index (κ2) is 6.48. The number of benzene rings is 2. The standard InChI is InChI=1S/C17H20FN/c1-13-6-5-7-14(12-13)10-11-17(19-2)15-8-3-4-9-16(15)18/h3-9,12,17,19H,10-11H2,1-2H3. The molecule has 0 fully saturated rings. The van der Waals surface area contributed by atoms with Gasteiger partial charge in [0.15, 0.2) is 0 Å². The molecule has 100 valence electrons. The Morgan fingerprint density at radius 3 is 2.58 bits per heavy atom. The van der Waals surface area contributed by atoms with E-state index < -0.39 is 0 Å². The second-order valence-electron chi connectivity index (χ2n) is 4.89. The highest BCUT2D eigenvalue weighted by atomic mass is 19.1. The fraction of sp³-hybridized carbons (Fsp3) is 0.294. The third-order valence-electron chi connectivity index (χ3n) is 3.43. The van der Waals surface area contributed by atoms with Gasteiger partial charge in [0, 0.05) is 11.6 Å². The predicted octanol–water partition coefficient (Wildman–Crippen LogP) is 4.03. The topological polar surface area (TPSA) is 12.0 Å². The Kier molecular flexibility index (Phi) is 4.69. The smallest absolute Gasteiger partial charge is 0.127 e. The van der Waals surface area contributed by atoms with Crippen LogP contribution in [0.1, 0.15) is 29.2 Å². The molecule has 0 radical (unpaired) electrons. The van der Waals surface area contributed by atoms with Gasteiger partial charge < -0.3 is 5.32 Å². The Bertz CT molecular complexity index is 536. The highest BCUT2D eigenvalue weighted by Gasteiger charge is 2.13. The largest absolute Gasteiger partial charge is 0.313 e. The number of hydrogen-bond acceptors (Lipinski definition) is 1. The van der Waals surface area contributed by atoms with E-state index in [1.54, 1.807) is 6.07 Å². The second-order valence-corrected chi connectivity index (χ2v) is 4.89. The molecule has 0 aliphatic carbocycles. The van der Waals surface area contributed by atoms with E-state index in [0.29, 0.717) is 0 Å². The molecule has 0 saturated heterocycles. The molecule has 1 N–H and O–H groups in total. The third-order valence-corrected chi connectivity index (χ3v) is 3.43. The molecule has 0 aromatic heterocycles. The van der Waals surface area contributed by atoms with Crippen molar-refractivity contribution in [3.63, 3.8) is 0 Å². The van der Waals surface area contributed by atoms with Crippen LogP contribution in [0, 0.1) is 12.7 Å². The summed E-state index contributed by atoms with van der Waals surface area (Å²) < 4.78 is 13.8. The molecule has 0 amide bonds. The first-order chi connectivity index (χ1) is 9.20. The van der Waals surface area contributed by atoms with Gasteiger partial charge in [-0.3, -0.25) is 0 Å². The number of nitrogens with one attached hydrogen (secondary N) is 1. The zero-order chi connectivity index (χ0) is 13.7. The van der Waals surface area contributed by atoms with E-state index in [-0.39, 0.29) is 11.9 Å². The van der Waals surface area contributed by atoms with Crippen molar-refractivity contribution in [1.29, 1.82) is 0 Å². The third kappa shape index (κ3) is 3.65. The van der Waals surface area contributed by atoms with Crippen LogP contribution in [0.5, 0.6) is 0 Å². The van der Waals surface area contributed by atoms with E-state index in [4.69, 9.17) is 0 Å². The van der Waals surface area contributed by atoms with E-state index in [1.165, 1.54) is 17.2 Å². The van der Waals surface area contributed by atoms with Gasteiger partial charge in [0.05, 0.1) is 0 Å². The summed E-state index contributed by atoms with van der Waals surface area (Å²) in [7, 11) is 1.88. The summed E-state index contributed by atoms with van der Waals surface area (Å²) in [5.41, 5.74) is 3.32. The Balaban J connectivity index is 2.06. The van der Waals surface area contributed by atoms with Gasteiger partial charge in [-0.1, -0.05) is 48.0 Å². The Labute approximate surface area is 114 Å². The monoisotopic (exact) mass is 257 g/mol. The summed E-state index contributed by atoms with van der Waals surface area (Å²) in [6.45, 7) is 2.09. The molecule has 2 heteroatoms. The molecule has 1 atom stereocenters. The molecule has 2 rings (SSSR count). The van der Waals surface area contributed by atoms with Crippen molar-refractivity contribution in [2.75, 3.05) is 7.05 Å². The molecule has 19 heavy (non-hydrogen) atoms. The van der Waals surface area contributed by atoms with Crippen LogP contribution in [0.15, 0.2) is 48.5 Å². The lowest BCUT2D eigenvalue weighted by Crippen LogP contribution is -2.18. The van der Waals surface area contributed by atoms with Gasteiger partial charge >= 0.3 is 0 Å². The molecule has 0 aliphatic heterocycles. The van der Waals surface area contributed by atoms with Gasteiger partial charge in [-0.25, -0.2) is 4.39 Å². The molecule has 0 spiro atoms. The highest BCUT2D eigenvalue weighted by molar-refractivity contribution is 5.24. The van der Waals surface area contributed by atoms with Gasteiger partial charge in [0.25, 0.3) is 0 Å². The minimum Gasteiger partial charge on any atom is -0.313 e. The fourth-order valence-electron chi connectivity index (χ4n) is 2.39. The molecule has 1 unspecified atom stereocenters. The summed E-state index contributed by atoms with van der Waals surface area (Å²) in [5.74, 6) is -0.133. The maximum absolute atomic E-state index is 13.8. The molecule has 2 aromatic carbocycles. The first-order valence-corrected chi connectivity index (χ1v) is 6.68. The van der Waals surface area contributed by atoms with E-state index in [2.05, 4.69) is 36.5 Å². The number of rotatable bonds is 5. The van der Waals surface area contributed by atoms with Crippen molar-refractivity contribution >= 4 is 0 Å². The van der Waals surface area contributed by atoms with Gasteiger partial charge in [0.1, 0.15) is 5.82 Å². The Hall–Kier alpha value is -1.67. The summed E-state index contributed by atoms with van der Waals surface area (Å²) in [4.78, 5) is 0. The van der Waals surface area contributed by atoms with Crippen molar-refractivity contribution < 1.29 is 4.39 Å². The van der Waals surface area contributed by atoms with Crippen molar-refractivity contribution in [2.45, 2.75) is 25.8 Å². The van der Waals surface area contributed by atoms with Crippen molar-refractivity contribution in [3.8, 4) is 0 Å². The van der Waals surface area contributed by atoms with Gasteiger partial charge in [-0.05, 0) is 38.4 Å². The van der Waals surface area contributed by atoms with Crippen LogP contribution in [0.25, 0.3) is 0 Å². The minimum absolute atomic E-state index is 0.0571. The summed E-state index contributed by atoms with van der Waals surface area (Å²) >= 11 is 0. The SMILES string of the molecule is CNC(CCc1cccc(C)c1)c1ccccc1F. The summed E-state index contributed by atoms with van der Waals surface area (Å²) in [6.07, 6.45) is 1.84.